The van der Waals surface area contributed by atoms with Gasteiger partial charge in [0.2, 0.25) is 0 Å². The predicted octanol–water partition coefficient (Wildman–Crippen LogP) is 5.08. The van der Waals surface area contributed by atoms with Crippen LogP contribution >= 0.6 is 11.8 Å². The Balaban J connectivity index is 1.77. The summed E-state index contributed by atoms with van der Waals surface area (Å²) >= 11 is 1.49. The fourth-order valence-electron chi connectivity index (χ4n) is 3.40. The number of nitrogens with zero attached hydrogens (tertiary/aromatic N) is 2. The minimum absolute atomic E-state index is 0.0807. The van der Waals surface area contributed by atoms with E-state index in [1.807, 2.05) is 68.4 Å². The molecule has 1 aromatic heterocycles. The van der Waals surface area contributed by atoms with Crippen molar-refractivity contribution in [1.29, 1.82) is 0 Å². The second kappa shape index (κ2) is 8.78. The summed E-state index contributed by atoms with van der Waals surface area (Å²) in [6.07, 6.45) is 0. The van der Waals surface area contributed by atoms with Gasteiger partial charge in [-0.25, -0.2) is 9.78 Å². The summed E-state index contributed by atoms with van der Waals surface area (Å²) < 4.78 is 6.46. The van der Waals surface area contributed by atoms with Gasteiger partial charge in [-0.2, -0.15) is 0 Å². The number of ether oxygens (including phenoxy) is 1. The minimum atomic E-state index is -0.362. The molecule has 5 nitrogen and oxygen atoms in total. The number of para-hydroxylation sites is 1. The van der Waals surface area contributed by atoms with Gasteiger partial charge in [0.1, 0.15) is 0 Å². The first-order valence-electron chi connectivity index (χ1n) is 9.88. The van der Waals surface area contributed by atoms with Gasteiger partial charge in [0.05, 0.1) is 29.3 Å². The molecule has 0 N–H and O–H groups in total. The molecule has 4 rings (SSSR count). The molecule has 0 unspecified atom stereocenters. The minimum Gasteiger partial charge on any atom is -0.465 e. The second-order valence-electron chi connectivity index (χ2n) is 7.25. The lowest BCUT2D eigenvalue weighted by Gasteiger charge is -2.16. The number of hydrogen-bond acceptors (Lipinski definition) is 5. The standard InChI is InChI=1S/C25H22N2O3S/c1-16-7-6-10-22(17(16)2)27-23(28)20-8-4-5-9-21(20)26-25(27)31-15-18-11-13-19(14-12-18)24(29)30-3/h4-14H,15H2,1-3H3. The molecule has 1 heterocycles. The maximum Gasteiger partial charge on any atom is 0.337 e. The molecule has 0 bridgehead atoms. The molecule has 4 aromatic rings. The van der Waals surface area contributed by atoms with Crippen molar-refractivity contribution in [3.05, 3.63) is 99.3 Å². The van der Waals surface area contributed by atoms with Crippen molar-refractivity contribution in [2.75, 3.05) is 7.11 Å². The van der Waals surface area contributed by atoms with E-state index in [0.29, 0.717) is 27.4 Å². The lowest BCUT2D eigenvalue weighted by Crippen LogP contribution is -2.22. The van der Waals surface area contributed by atoms with E-state index in [0.717, 1.165) is 22.4 Å². The number of thioether (sulfide) groups is 1. The van der Waals surface area contributed by atoms with Gasteiger partial charge in [-0.05, 0) is 60.9 Å². The van der Waals surface area contributed by atoms with E-state index >= 15 is 0 Å². The molecule has 0 saturated carbocycles. The molecule has 0 aliphatic rings. The Bertz CT molecular complexity index is 1330. The SMILES string of the molecule is COC(=O)c1ccc(CSc2nc3ccccc3c(=O)n2-c2cccc(C)c2C)cc1. The summed E-state index contributed by atoms with van der Waals surface area (Å²) in [4.78, 5) is 29.9. The molecule has 0 aliphatic heterocycles. The molecule has 0 spiro atoms. The van der Waals surface area contributed by atoms with Gasteiger partial charge in [-0.15, -0.1) is 0 Å². The van der Waals surface area contributed by atoms with Crippen molar-refractivity contribution in [2.45, 2.75) is 24.8 Å². The molecule has 156 valence electrons. The van der Waals surface area contributed by atoms with E-state index in [1.54, 1.807) is 16.7 Å². The number of benzene rings is 3. The third-order valence-electron chi connectivity index (χ3n) is 5.30. The first-order valence-corrected chi connectivity index (χ1v) is 10.9. The van der Waals surface area contributed by atoms with Crippen LogP contribution in [0.25, 0.3) is 16.6 Å². The highest BCUT2D eigenvalue weighted by Crippen LogP contribution is 2.27. The Morgan fingerprint density at radius 1 is 1.00 bits per heavy atom. The van der Waals surface area contributed by atoms with Crippen LogP contribution in [0.15, 0.2) is 76.7 Å². The fraction of sp³-hybridized carbons (Fsp3) is 0.160. The Morgan fingerprint density at radius 3 is 2.48 bits per heavy atom. The van der Waals surface area contributed by atoms with Gasteiger partial charge < -0.3 is 4.74 Å². The monoisotopic (exact) mass is 430 g/mol. The van der Waals surface area contributed by atoms with Gasteiger partial charge in [0, 0.05) is 5.75 Å². The smallest absolute Gasteiger partial charge is 0.337 e. The predicted molar refractivity (Wildman–Crippen MR) is 124 cm³/mol. The highest BCUT2D eigenvalue weighted by molar-refractivity contribution is 7.98. The van der Waals surface area contributed by atoms with Crippen molar-refractivity contribution < 1.29 is 9.53 Å². The number of aryl methyl sites for hydroxylation is 1. The van der Waals surface area contributed by atoms with E-state index < -0.39 is 0 Å². The number of rotatable bonds is 5. The third kappa shape index (κ3) is 4.11. The number of esters is 1. The first-order chi connectivity index (χ1) is 15.0. The van der Waals surface area contributed by atoms with Crippen molar-refractivity contribution in [2.24, 2.45) is 0 Å². The average molecular weight is 431 g/mol. The summed E-state index contributed by atoms with van der Waals surface area (Å²) in [5.74, 6) is 0.246. The van der Waals surface area contributed by atoms with Crippen molar-refractivity contribution in [3.8, 4) is 5.69 Å². The molecule has 0 atom stereocenters. The van der Waals surface area contributed by atoms with Crippen LogP contribution in [0.1, 0.15) is 27.0 Å². The second-order valence-corrected chi connectivity index (χ2v) is 8.19. The Morgan fingerprint density at radius 2 is 1.74 bits per heavy atom. The topological polar surface area (TPSA) is 61.2 Å². The normalized spacial score (nSPS) is 10.9. The van der Waals surface area contributed by atoms with Crippen LogP contribution in [0.2, 0.25) is 0 Å². The molecule has 0 radical (unpaired) electrons. The highest BCUT2D eigenvalue weighted by atomic mass is 32.2. The highest BCUT2D eigenvalue weighted by Gasteiger charge is 2.15. The maximum absolute atomic E-state index is 13.4. The molecule has 6 heteroatoms. The first kappa shape index (κ1) is 20.9. The van der Waals surface area contributed by atoms with Crippen molar-refractivity contribution >= 4 is 28.6 Å². The lowest BCUT2D eigenvalue weighted by atomic mass is 10.1. The van der Waals surface area contributed by atoms with E-state index in [1.165, 1.54) is 18.9 Å². The lowest BCUT2D eigenvalue weighted by molar-refractivity contribution is 0.0600. The Hall–Kier alpha value is -3.38. The summed E-state index contributed by atoms with van der Waals surface area (Å²) in [7, 11) is 1.37. The number of methoxy groups -OCH3 is 1. The molecule has 0 fully saturated rings. The number of carbonyl (C=O) groups excluding carboxylic acids is 1. The van der Waals surface area contributed by atoms with Gasteiger partial charge in [-0.1, -0.05) is 48.2 Å². The number of aromatic nitrogens is 2. The summed E-state index contributed by atoms with van der Waals surface area (Å²) in [6.45, 7) is 4.06. The van der Waals surface area contributed by atoms with Crippen LogP contribution in [-0.4, -0.2) is 22.6 Å². The van der Waals surface area contributed by atoms with Gasteiger partial charge in [-0.3, -0.25) is 9.36 Å². The van der Waals surface area contributed by atoms with E-state index in [9.17, 15) is 9.59 Å². The molecule has 0 saturated heterocycles. The zero-order chi connectivity index (χ0) is 22.0. The van der Waals surface area contributed by atoms with Gasteiger partial charge in [0.25, 0.3) is 5.56 Å². The Kier molecular flexibility index (Phi) is 5.91. The number of carbonyl (C=O) groups is 1. The Labute approximate surface area is 184 Å². The molecule has 0 amide bonds. The van der Waals surface area contributed by atoms with E-state index in [-0.39, 0.29) is 11.5 Å². The van der Waals surface area contributed by atoms with Gasteiger partial charge >= 0.3 is 5.97 Å². The third-order valence-corrected chi connectivity index (χ3v) is 6.31. The van der Waals surface area contributed by atoms with Crippen LogP contribution < -0.4 is 5.56 Å². The number of fused-ring (bicyclic) bond motifs is 1. The average Bonchev–Trinajstić information content (AvgIpc) is 2.80. The zero-order valence-corrected chi connectivity index (χ0v) is 18.4. The van der Waals surface area contributed by atoms with E-state index in [4.69, 9.17) is 9.72 Å². The van der Waals surface area contributed by atoms with E-state index in [2.05, 4.69) is 0 Å². The van der Waals surface area contributed by atoms with Crippen LogP contribution in [0.5, 0.6) is 0 Å². The largest absolute Gasteiger partial charge is 0.465 e. The van der Waals surface area contributed by atoms with Crippen molar-refractivity contribution in [1.82, 2.24) is 9.55 Å². The molecule has 31 heavy (non-hydrogen) atoms. The maximum atomic E-state index is 13.4. The van der Waals surface area contributed by atoms with Gasteiger partial charge in [0.15, 0.2) is 5.16 Å². The molecule has 3 aromatic carbocycles. The molecule has 0 aliphatic carbocycles. The molecular weight excluding hydrogens is 408 g/mol. The van der Waals surface area contributed by atoms with Crippen LogP contribution in [0.3, 0.4) is 0 Å². The van der Waals surface area contributed by atoms with Crippen LogP contribution in [-0.2, 0) is 10.5 Å². The molecular formula is C25H22N2O3S. The summed E-state index contributed by atoms with van der Waals surface area (Å²) in [6, 6.07) is 20.6. The van der Waals surface area contributed by atoms with Crippen LogP contribution in [0.4, 0.5) is 0 Å². The zero-order valence-electron chi connectivity index (χ0n) is 17.6. The van der Waals surface area contributed by atoms with Crippen LogP contribution in [0, 0.1) is 13.8 Å². The number of hydrogen-bond donors (Lipinski definition) is 0. The fourth-order valence-corrected chi connectivity index (χ4v) is 4.36. The quantitative estimate of drug-likeness (QED) is 0.251. The van der Waals surface area contributed by atoms with Crippen molar-refractivity contribution in [3.63, 3.8) is 0 Å². The summed E-state index contributed by atoms with van der Waals surface area (Å²) in [5.41, 5.74) is 5.13. The summed E-state index contributed by atoms with van der Waals surface area (Å²) in [5, 5.41) is 1.23.